The average Bonchev–Trinajstić information content (AvgIpc) is 3.88. The minimum atomic E-state index is -3.05. The SMILES string of the molecule is COc1c(Nc2cc(NC(=O)[C@@H]3CC3(F)F)nnc2C(=O)O)cccc1-c1ncn(C)n1.COc1c(Nc2cc(NC(=O)[C@@H]3CC3(F)F)nnc2C(=O)O)cccc1-c1ncn(C)n1.[Zn]. The molecule has 2 aliphatic carbocycles. The van der Waals surface area contributed by atoms with Gasteiger partial charge in [0.15, 0.2) is 46.2 Å². The summed E-state index contributed by atoms with van der Waals surface area (Å²) in [6, 6.07) is 12.5. The van der Waals surface area contributed by atoms with Crippen molar-refractivity contribution in [3.8, 4) is 34.3 Å². The molecule has 334 valence electrons. The molecule has 0 radical (unpaired) electrons. The Kier molecular flexibility index (Phi) is 13.4. The average molecular weight is 956 g/mol. The second-order valence-corrected chi connectivity index (χ2v) is 14.1. The van der Waals surface area contributed by atoms with Gasteiger partial charge in [-0.3, -0.25) is 19.0 Å². The third-order valence-corrected chi connectivity index (χ3v) is 9.44. The number of nitrogens with one attached hydrogen (secondary N) is 4. The number of hydrogen-bond acceptors (Lipinski definition) is 16. The Balaban J connectivity index is 0.000000212. The summed E-state index contributed by atoms with van der Waals surface area (Å²) in [5.41, 5.74) is 0.858. The number of para-hydroxylation sites is 2. The van der Waals surface area contributed by atoms with Crippen molar-refractivity contribution >= 4 is 58.1 Å². The first-order valence-corrected chi connectivity index (χ1v) is 18.6. The van der Waals surface area contributed by atoms with Gasteiger partial charge >= 0.3 is 11.9 Å². The minimum absolute atomic E-state index is 0. The molecular weight excluding hydrogens is 922 g/mol. The second-order valence-electron chi connectivity index (χ2n) is 14.1. The molecule has 4 aromatic heterocycles. The number of benzene rings is 2. The first kappa shape index (κ1) is 46.8. The molecule has 6 aromatic rings. The van der Waals surface area contributed by atoms with E-state index in [-0.39, 0.29) is 42.5 Å². The summed E-state index contributed by atoms with van der Waals surface area (Å²) in [7, 11) is 6.27. The summed E-state index contributed by atoms with van der Waals surface area (Å²) in [5.74, 6) is -12.5. The fraction of sp³-hybridized carbons (Fsp3) is 0.263. The number of anilines is 6. The summed E-state index contributed by atoms with van der Waals surface area (Å²) >= 11 is 0. The molecule has 8 rings (SSSR count). The Labute approximate surface area is 375 Å². The molecule has 2 aliphatic rings. The van der Waals surface area contributed by atoms with Crippen LogP contribution in [-0.2, 0) is 43.2 Å². The van der Waals surface area contributed by atoms with Crippen LogP contribution in [0.1, 0.15) is 33.8 Å². The van der Waals surface area contributed by atoms with E-state index in [1.54, 1.807) is 50.5 Å². The van der Waals surface area contributed by atoms with Crippen LogP contribution in [0.5, 0.6) is 11.5 Å². The van der Waals surface area contributed by atoms with E-state index >= 15 is 0 Å². The molecule has 0 spiro atoms. The summed E-state index contributed by atoms with van der Waals surface area (Å²) in [6.45, 7) is 0. The van der Waals surface area contributed by atoms with E-state index in [1.165, 1.54) is 48.4 Å². The Morgan fingerprint density at radius 2 is 1.02 bits per heavy atom. The van der Waals surface area contributed by atoms with Gasteiger partial charge in [0.2, 0.25) is 11.8 Å². The standard InChI is InChI=1S/2C19H17F2N7O4.Zn/c2*1-28-8-22-16(27-28)9-4-3-5-11(15(9)32-2)23-12-6-13(25-26-14(12)18(30)31)24-17(29)10-7-19(10,20)21;/h2*3-6,8,10H,7H2,1-2H3,(H,30,31)(H2,23,24,25,29);/t2*10-;/m00./s1. The molecule has 2 saturated carbocycles. The number of aromatic nitrogens is 10. The predicted octanol–water partition coefficient (Wildman–Crippen LogP) is 4.63. The molecular formula is C38H34F4N14O8Zn. The molecule has 27 heteroatoms. The fourth-order valence-corrected chi connectivity index (χ4v) is 6.11. The number of ether oxygens (including phenoxy) is 2. The number of methoxy groups -OCH3 is 2. The Morgan fingerprint density at radius 3 is 1.31 bits per heavy atom. The van der Waals surface area contributed by atoms with Crippen molar-refractivity contribution in [1.29, 1.82) is 0 Å². The first-order valence-electron chi connectivity index (χ1n) is 18.6. The van der Waals surface area contributed by atoms with Crippen molar-refractivity contribution in [3.05, 3.63) is 72.6 Å². The number of nitrogens with zero attached hydrogens (tertiary/aromatic N) is 10. The van der Waals surface area contributed by atoms with Crippen LogP contribution in [-0.4, -0.2) is 110 Å². The van der Waals surface area contributed by atoms with Gasteiger partial charge in [-0.1, -0.05) is 12.1 Å². The topological polar surface area (TPSA) is 288 Å². The van der Waals surface area contributed by atoms with Crippen molar-refractivity contribution in [2.75, 3.05) is 35.5 Å². The van der Waals surface area contributed by atoms with E-state index in [9.17, 15) is 47.0 Å². The van der Waals surface area contributed by atoms with Gasteiger partial charge in [0.25, 0.3) is 11.8 Å². The summed E-state index contributed by atoms with van der Waals surface area (Å²) in [5, 5.41) is 52.1. The summed E-state index contributed by atoms with van der Waals surface area (Å²) < 4.78 is 66.5. The molecule has 0 aliphatic heterocycles. The number of aryl methyl sites for hydroxylation is 2. The van der Waals surface area contributed by atoms with Crippen LogP contribution >= 0.6 is 0 Å². The maximum absolute atomic E-state index is 13.1. The molecule has 0 unspecified atom stereocenters. The van der Waals surface area contributed by atoms with E-state index in [0.29, 0.717) is 45.6 Å². The summed E-state index contributed by atoms with van der Waals surface area (Å²) in [4.78, 5) is 55.5. The van der Waals surface area contributed by atoms with Crippen molar-refractivity contribution in [2.24, 2.45) is 25.9 Å². The number of hydrogen-bond donors (Lipinski definition) is 6. The molecule has 22 nitrogen and oxygen atoms in total. The van der Waals surface area contributed by atoms with E-state index in [0.717, 1.165) is 0 Å². The van der Waals surface area contributed by atoms with Gasteiger partial charge in [-0.05, 0) is 24.3 Å². The maximum atomic E-state index is 13.1. The Bertz CT molecular complexity index is 2620. The van der Waals surface area contributed by atoms with Crippen LogP contribution < -0.4 is 30.7 Å². The van der Waals surface area contributed by atoms with Crippen LogP contribution in [0.15, 0.2) is 61.2 Å². The number of amides is 2. The molecule has 2 fully saturated rings. The van der Waals surface area contributed by atoms with Crippen LogP contribution in [0.25, 0.3) is 22.8 Å². The largest absolute Gasteiger partial charge is 0.494 e. The number of carbonyl (C=O) groups is 4. The van der Waals surface area contributed by atoms with Crippen LogP contribution in [0.3, 0.4) is 0 Å². The molecule has 6 N–H and O–H groups in total. The minimum Gasteiger partial charge on any atom is -0.494 e. The summed E-state index contributed by atoms with van der Waals surface area (Å²) in [6.07, 6.45) is 1.94. The van der Waals surface area contributed by atoms with Crippen molar-refractivity contribution < 1.29 is 75.9 Å². The maximum Gasteiger partial charge on any atom is 0.358 e. The number of halogens is 4. The van der Waals surface area contributed by atoms with Crippen molar-refractivity contribution in [2.45, 2.75) is 24.7 Å². The quantitative estimate of drug-likeness (QED) is 0.0641. The Hall–Kier alpha value is -7.70. The molecule has 0 saturated heterocycles. The second kappa shape index (κ2) is 18.6. The zero-order chi connectivity index (χ0) is 46.1. The van der Waals surface area contributed by atoms with Gasteiger partial charge in [-0.15, -0.1) is 20.4 Å². The predicted molar refractivity (Wildman–Crippen MR) is 214 cm³/mol. The first-order chi connectivity index (χ1) is 30.4. The van der Waals surface area contributed by atoms with Crippen molar-refractivity contribution in [3.63, 3.8) is 0 Å². The molecule has 2 aromatic carbocycles. The number of rotatable bonds is 14. The third kappa shape index (κ3) is 10.4. The zero-order valence-corrected chi connectivity index (χ0v) is 37.3. The molecule has 0 bridgehead atoms. The zero-order valence-electron chi connectivity index (χ0n) is 34.4. The van der Waals surface area contributed by atoms with Crippen LogP contribution in [0, 0.1) is 11.8 Å². The van der Waals surface area contributed by atoms with Gasteiger partial charge < -0.3 is 41.0 Å². The Morgan fingerprint density at radius 1 is 0.646 bits per heavy atom. The number of carboxylic acid groups (broad SMARTS) is 2. The van der Waals surface area contributed by atoms with E-state index in [1.807, 2.05) is 0 Å². The molecule has 4 heterocycles. The van der Waals surface area contributed by atoms with Gasteiger partial charge in [0.05, 0.1) is 48.1 Å². The number of carboxylic acids is 2. The van der Waals surface area contributed by atoms with Gasteiger partial charge in [0, 0.05) is 58.5 Å². The smallest absolute Gasteiger partial charge is 0.358 e. The van der Waals surface area contributed by atoms with Crippen LogP contribution in [0.4, 0.5) is 51.9 Å². The number of alkyl halides is 4. The van der Waals surface area contributed by atoms with E-state index in [2.05, 4.69) is 61.8 Å². The van der Waals surface area contributed by atoms with Crippen molar-refractivity contribution in [1.82, 2.24) is 49.9 Å². The van der Waals surface area contributed by atoms with Crippen LogP contribution in [0.2, 0.25) is 0 Å². The molecule has 2 amide bonds. The monoisotopic (exact) mass is 954 g/mol. The van der Waals surface area contributed by atoms with E-state index < -0.39 is 71.7 Å². The van der Waals surface area contributed by atoms with Gasteiger partial charge in [-0.2, -0.15) is 10.2 Å². The molecule has 65 heavy (non-hydrogen) atoms. The third-order valence-electron chi connectivity index (χ3n) is 9.44. The van der Waals surface area contributed by atoms with Gasteiger partial charge in [-0.25, -0.2) is 37.1 Å². The normalized spacial score (nSPS) is 16.1. The molecule has 2 atom stereocenters. The number of carbonyl (C=O) groups excluding carboxylic acids is 2. The number of aromatic carboxylic acids is 2. The van der Waals surface area contributed by atoms with Gasteiger partial charge in [0.1, 0.15) is 24.5 Å². The fourth-order valence-electron chi connectivity index (χ4n) is 6.11. The van der Waals surface area contributed by atoms with E-state index in [4.69, 9.17) is 9.47 Å².